The minimum atomic E-state index is -0.971. The van der Waals surface area contributed by atoms with Crippen molar-refractivity contribution < 1.29 is 14.9 Å². The summed E-state index contributed by atoms with van der Waals surface area (Å²) in [5, 5.41) is 22.8. The molecule has 0 bridgehead atoms. The lowest BCUT2D eigenvalue weighted by Gasteiger charge is -2.62. The Bertz CT molecular complexity index is 801. The Morgan fingerprint density at radius 3 is 2.46 bits per heavy atom. The number of ether oxygens (including phenoxy) is 1. The Hall–Kier alpha value is -0.640. The molecule has 4 aliphatic carbocycles. The average molecular weight is 487 g/mol. The molecule has 200 valence electrons. The standard InChI is InChI=1S/C32H54O3/c1-8-9-18-35-29-19-25-27-13-12-26(23(5)11-10-22(4)21(2)3)30(27,6)16-15-28(25)31(7)17-14-24(33)20-32(29,31)34/h10-11,19,21-24,26-29,33-34H,8-9,12-18,20H2,1-7H3/b11-10+/t22-,23-,24+,26-,27?,28?,29-,30-,31-,32+/m1/s1. The molecule has 0 aromatic rings. The van der Waals surface area contributed by atoms with Crippen LogP contribution < -0.4 is 0 Å². The van der Waals surface area contributed by atoms with Gasteiger partial charge in [-0.05, 0) is 85.9 Å². The summed E-state index contributed by atoms with van der Waals surface area (Å²) in [4.78, 5) is 0. The highest BCUT2D eigenvalue weighted by Crippen LogP contribution is 2.67. The van der Waals surface area contributed by atoms with E-state index in [-0.39, 0.29) is 11.5 Å². The molecule has 3 nitrogen and oxygen atoms in total. The van der Waals surface area contributed by atoms with Gasteiger partial charge in [-0.2, -0.15) is 0 Å². The topological polar surface area (TPSA) is 49.7 Å². The molecule has 0 saturated heterocycles. The molecule has 4 aliphatic rings. The Morgan fingerprint density at radius 2 is 1.77 bits per heavy atom. The molecule has 2 unspecified atom stereocenters. The van der Waals surface area contributed by atoms with E-state index in [9.17, 15) is 10.2 Å². The summed E-state index contributed by atoms with van der Waals surface area (Å²) in [5.41, 5.74) is 0.728. The van der Waals surface area contributed by atoms with E-state index in [0.29, 0.717) is 54.0 Å². The van der Waals surface area contributed by atoms with E-state index in [1.807, 2.05) is 0 Å². The summed E-state index contributed by atoms with van der Waals surface area (Å²) < 4.78 is 6.45. The SMILES string of the molecule is CCCCO[C@@H]1C=C2C3CC[C@H]([C@H](C)/C=C/[C@@H](C)C(C)C)[C@@]3(C)CCC2[C@@]2(C)CC[C@H](O)C[C@]12O. The molecule has 35 heavy (non-hydrogen) atoms. The van der Waals surface area contributed by atoms with E-state index < -0.39 is 11.7 Å². The molecule has 3 heteroatoms. The van der Waals surface area contributed by atoms with E-state index in [2.05, 4.69) is 66.7 Å². The predicted molar refractivity (Wildman–Crippen MR) is 145 cm³/mol. The first-order valence-electron chi connectivity index (χ1n) is 14.9. The quantitative estimate of drug-likeness (QED) is 0.279. The zero-order chi connectivity index (χ0) is 25.6. The summed E-state index contributed by atoms with van der Waals surface area (Å²) in [6.45, 7) is 17.2. The molecule has 4 rings (SSSR count). The normalized spacial score (nSPS) is 45.1. The number of fused-ring (bicyclic) bond motifs is 5. The van der Waals surface area contributed by atoms with Gasteiger partial charge in [-0.3, -0.25) is 0 Å². The maximum absolute atomic E-state index is 12.2. The molecule has 3 fully saturated rings. The van der Waals surface area contributed by atoms with E-state index in [1.165, 1.54) is 19.3 Å². The molecule has 0 aromatic heterocycles. The molecule has 10 atom stereocenters. The van der Waals surface area contributed by atoms with Crippen LogP contribution in [0.1, 0.15) is 106 Å². The first-order valence-corrected chi connectivity index (χ1v) is 14.9. The van der Waals surface area contributed by atoms with Crippen molar-refractivity contribution >= 4 is 0 Å². The summed E-state index contributed by atoms with van der Waals surface area (Å²) >= 11 is 0. The van der Waals surface area contributed by atoms with Crippen LogP contribution in [0, 0.1) is 46.3 Å². The Kier molecular flexibility index (Phi) is 8.03. The van der Waals surface area contributed by atoms with Crippen molar-refractivity contribution in [1.82, 2.24) is 0 Å². The van der Waals surface area contributed by atoms with Crippen LogP contribution in [0.4, 0.5) is 0 Å². The van der Waals surface area contributed by atoms with Gasteiger partial charge in [0.05, 0.1) is 6.10 Å². The zero-order valence-corrected chi connectivity index (χ0v) is 23.7. The highest BCUT2D eigenvalue weighted by atomic mass is 16.5. The van der Waals surface area contributed by atoms with Crippen molar-refractivity contribution in [3.8, 4) is 0 Å². The summed E-state index contributed by atoms with van der Waals surface area (Å²) in [6, 6.07) is 0. The van der Waals surface area contributed by atoms with Crippen LogP contribution in [0.2, 0.25) is 0 Å². The Balaban J connectivity index is 1.64. The molecular weight excluding hydrogens is 432 g/mol. The molecular formula is C32H54O3. The van der Waals surface area contributed by atoms with Crippen molar-refractivity contribution in [2.24, 2.45) is 46.3 Å². The number of hydrogen-bond donors (Lipinski definition) is 2. The van der Waals surface area contributed by atoms with E-state index >= 15 is 0 Å². The number of aliphatic hydroxyl groups is 2. The number of allylic oxidation sites excluding steroid dienone is 3. The largest absolute Gasteiger partial charge is 0.393 e. The predicted octanol–water partition coefficient (Wildman–Crippen LogP) is 7.32. The maximum Gasteiger partial charge on any atom is 0.105 e. The zero-order valence-electron chi connectivity index (χ0n) is 23.7. The van der Waals surface area contributed by atoms with Gasteiger partial charge in [-0.25, -0.2) is 0 Å². The fraction of sp³-hybridized carbons (Fsp3) is 0.875. The molecule has 2 N–H and O–H groups in total. The lowest BCUT2D eigenvalue weighted by atomic mass is 9.45. The van der Waals surface area contributed by atoms with Crippen molar-refractivity contribution in [3.05, 3.63) is 23.8 Å². The monoisotopic (exact) mass is 486 g/mol. The molecule has 0 spiro atoms. The lowest BCUT2D eigenvalue weighted by molar-refractivity contribution is -0.221. The third kappa shape index (κ3) is 4.61. The highest BCUT2D eigenvalue weighted by Gasteiger charge is 2.65. The molecule has 0 amide bonds. The second kappa shape index (κ2) is 10.3. The lowest BCUT2D eigenvalue weighted by Crippen LogP contribution is -2.66. The maximum atomic E-state index is 12.2. The van der Waals surface area contributed by atoms with Crippen molar-refractivity contribution in [2.45, 2.75) is 124 Å². The first-order chi connectivity index (χ1) is 16.5. The number of unbranched alkanes of at least 4 members (excludes halogenated alkanes) is 1. The minimum absolute atomic E-state index is 0.217. The van der Waals surface area contributed by atoms with Crippen LogP contribution >= 0.6 is 0 Å². The summed E-state index contributed by atoms with van der Waals surface area (Å²) in [6.07, 6.45) is 15.8. The average Bonchev–Trinajstić information content (AvgIpc) is 3.16. The number of hydrogen-bond acceptors (Lipinski definition) is 3. The second-order valence-corrected chi connectivity index (χ2v) is 13.7. The number of rotatable bonds is 8. The van der Waals surface area contributed by atoms with E-state index in [4.69, 9.17) is 4.74 Å². The molecule has 0 radical (unpaired) electrons. The van der Waals surface area contributed by atoms with Gasteiger partial charge in [0.25, 0.3) is 0 Å². The fourth-order valence-corrected chi connectivity index (χ4v) is 8.67. The van der Waals surface area contributed by atoms with E-state index in [0.717, 1.165) is 32.1 Å². The van der Waals surface area contributed by atoms with Crippen LogP contribution in [-0.2, 0) is 4.74 Å². The van der Waals surface area contributed by atoms with Gasteiger partial charge in [-0.1, -0.05) is 78.7 Å². The van der Waals surface area contributed by atoms with Crippen molar-refractivity contribution in [3.63, 3.8) is 0 Å². The Labute approximate surface area is 215 Å². The third-order valence-electron chi connectivity index (χ3n) is 11.5. The van der Waals surface area contributed by atoms with E-state index in [1.54, 1.807) is 5.57 Å². The van der Waals surface area contributed by atoms with Crippen LogP contribution in [-0.4, -0.2) is 34.6 Å². The van der Waals surface area contributed by atoms with Crippen LogP contribution in [0.3, 0.4) is 0 Å². The van der Waals surface area contributed by atoms with Crippen LogP contribution in [0.5, 0.6) is 0 Å². The molecule has 0 heterocycles. The Morgan fingerprint density at radius 1 is 1.03 bits per heavy atom. The smallest absolute Gasteiger partial charge is 0.105 e. The van der Waals surface area contributed by atoms with Crippen molar-refractivity contribution in [2.75, 3.05) is 6.61 Å². The summed E-state index contributed by atoms with van der Waals surface area (Å²) in [7, 11) is 0. The van der Waals surface area contributed by atoms with Crippen LogP contribution in [0.25, 0.3) is 0 Å². The van der Waals surface area contributed by atoms with Crippen molar-refractivity contribution in [1.29, 1.82) is 0 Å². The molecule has 3 saturated carbocycles. The highest BCUT2D eigenvalue weighted by molar-refractivity contribution is 5.33. The van der Waals surface area contributed by atoms with Gasteiger partial charge in [0, 0.05) is 18.4 Å². The fourth-order valence-electron chi connectivity index (χ4n) is 8.67. The summed E-state index contributed by atoms with van der Waals surface area (Å²) in [5.74, 6) is 3.63. The van der Waals surface area contributed by atoms with Gasteiger partial charge in [-0.15, -0.1) is 0 Å². The van der Waals surface area contributed by atoms with Gasteiger partial charge in [0.15, 0.2) is 0 Å². The van der Waals surface area contributed by atoms with Gasteiger partial charge in [0.2, 0.25) is 0 Å². The molecule has 0 aromatic carbocycles. The second-order valence-electron chi connectivity index (χ2n) is 13.7. The van der Waals surface area contributed by atoms with Gasteiger partial charge >= 0.3 is 0 Å². The van der Waals surface area contributed by atoms with Crippen LogP contribution in [0.15, 0.2) is 23.8 Å². The minimum Gasteiger partial charge on any atom is -0.393 e. The first kappa shape index (κ1) is 27.4. The number of aliphatic hydroxyl groups excluding tert-OH is 1. The van der Waals surface area contributed by atoms with Gasteiger partial charge < -0.3 is 14.9 Å². The van der Waals surface area contributed by atoms with Gasteiger partial charge in [0.1, 0.15) is 11.7 Å². The molecule has 0 aliphatic heterocycles. The third-order valence-corrected chi connectivity index (χ3v) is 11.5.